The van der Waals surface area contributed by atoms with Gasteiger partial charge in [-0.05, 0) is 38.0 Å². The number of para-hydroxylation sites is 1. The van der Waals surface area contributed by atoms with Gasteiger partial charge < -0.3 is 9.64 Å². The minimum atomic E-state index is 0.0956. The minimum absolute atomic E-state index is 0.0956. The van der Waals surface area contributed by atoms with Gasteiger partial charge in [0.05, 0.1) is 12.2 Å². The van der Waals surface area contributed by atoms with E-state index in [0.29, 0.717) is 13.0 Å². The Hall–Kier alpha value is -2.30. The lowest BCUT2D eigenvalue weighted by molar-refractivity contribution is -0.130. The van der Waals surface area contributed by atoms with Crippen LogP contribution in [0, 0.1) is 13.8 Å². The van der Waals surface area contributed by atoms with Crippen molar-refractivity contribution in [3.63, 3.8) is 0 Å². The minimum Gasteiger partial charge on any atom is -0.489 e. The zero-order valence-corrected chi connectivity index (χ0v) is 14.7. The second-order valence-corrected chi connectivity index (χ2v) is 6.45. The van der Waals surface area contributed by atoms with Crippen molar-refractivity contribution in [3.8, 4) is 5.75 Å². The number of aromatic nitrogens is 2. The largest absolute Gasteiger partial charge is 0.489 e. The second-order valence-electron chi connectivity index (χ2n) is 6.45. The number of ether oxygens (including phenoxy) is 1. The van der Waals surface area contributed by atoms with Crippen LogP contribution in [0.15, 0.2) is 30.3 Å². The highest BCUT2D eigenvalue weighted by Crippen LogP contribution is 2.20. The van der Waals surface area contributed by atoms with Crippen LogP contribution in [0.1, 0.15) is 29.8 Å². The Kier molecular flexibility index (Phi) is 4.88. The molecule has 128 valence electrons. The monoisotopic (exact) mass is 327 g/mol. The van der Waals surface area contributed by atoms with Gasteiger partial charge in [-0.3, -0.25) is 9.48 Å². The fourth-order valence-corrected chi connectivity index (χ4v) is 3.31. The summed E-state index contributed by atoms with van der Waals surface area (Å²) in [6.07, 6.45) is 2.28. The average Bonchev–Trinajstić information content (AvgIpc) is 3.12. The molecule has 0 saturated carbocycles. The number of amides is 1. The van der Waals surface area contributed by atoms with Gasteiger partial charge in [0.2, 0.25) is 5.91 Å². The SMILES string of the molecule is Cc1nn(C)c(C)c1CCC(=O)N1CC[C@@H](Oc2ccccc2)C1. The Bertz CT molecular complexity index is 709. The quantitative estimate of drug-likeness (QED) is 0.848. The number of hydrogen-bond acceptors (Lipinski definition) is 3. The highest BCUT2D eigenvalue weighted by atomic mass is 16.5. The highest BCUT2D eigenvalue weighted by Gasteiger charge is 2.27. The number of carbonyl (C=O) groups excluding carboxylic acids is 1. The topological polar surface area (TPSA) is 47.4 Å². The van der Waals surface area contributed by atoms with Gasteiger partial charge in [0, 0.05) is 32.1 Å². The van der Waals surface area contributed by atoms with Gasteiger partial charge in [-0.25, -0.2) is 0 Å². The molecule has 1 aliphatic heterocycles. The maximum atomic E-state index is 12.5. The summed E-state index contributed by atoms with van der Waals surface area (Å²) in [5.41, 5.74) is 3.36. The third-order valence-electron chi connectivity index (χ3n) is 4.79. The normalized spacial score (nSPS) is 17.3. The highest BCUT2D eigenvalue weighted by molar-refractivity contribution is 5.76. The third kappa shape index (κ3) is 3.61. The second kappa shape index (κ2) is 7.07. The predicted octanol–water partition coefficient (Wildman–Crippen LogP) is 2.65. The van der Waals surface area contributed by atoms with Crippen LogP contribution in [0.4, 0.5) is 0 Å². The first kappa shape index (κ1) is 16.6. The van der Waals surface area contributed by atoms with E-state index >= 15 is 0 Å². The van der Waals surface area contributed by atoms with Crippen LogP contribution in [0.5, 0.6) is 5.75 Å². The molecule has 0 unspecified atom stereocenters. The van der Waals surface area contributed by atoms with E-state index < -0.39 is 0 Å². The van der Waals surface area contributed by atoms with Crippen LogP contribution in [0.25, 0.3) is 0 Å². The molecule has 2 aromatic rings. The summed E-state index contributed by atoms with van der Waals surface area (Å²) in [5.74, 6) is 1.08. The number of hydrogen-bond donors (Lipinski definition) is 0. The molecule has 0 bridgehead atoms. The molecule has 0 aliphatic carbocycles. The van der Waals surface area contributed by atoms with E-state index in [0.717, 1.165) is 36.5 Å². The molecule has 0 spiro atoms. The third-order valence-corrected chi connectivity index (χ3v) is 4.79. The van der Waals surface area contributed by atoms with Crippen molar-refractivity contribution in [3.05, 3.63) is 47.3 Å². The fraction of sp³-hybridized carbons (Fsp3) is 0.474. The zero-order valence-electron chi connectivity index (χ0n) is 14.7. The van der Waals surface area contributed by atoms with Crippen molar-refractivity contribution in [2.24, 2.45) is 7.05 Å². The van der Waals surface area contributed by atoms with E-state index in [4.69, 9.17) is 4.74 Å². The molecule has 1 atom stereocenters. The van der Waals surface area contributed by atoms with Gasteiger partial charge in [-0.2, -0.15) is 5.10 Å². The standard InChI is InChI=1S/C19H25N3O2/c1-14-18(15(2)21(3)20-14)9-10-19(23)22-12-11-17(13-22)24-16-7-5-4-6-8-16/h4-8,17H,9-13H2,1-3H3/t17-/m1/s1. The van der Waals surface area contributed by atoms with E-state index in [2.05, 4.69) is 12.0 Å². The van der Waals surface area contributed by atoms with Crippen LogP contribution in [-0.4, -0.2) is 39.8 Å². The molecule has 24 heavy (non-hydrogen) atoms. The molecule has 5 nitrogen and oxygen atoms in total. The van der Waals surface area contributed by atoms with Crippen LogP contribution < -0.4 is 4.74 Å². The van der Waals surface area contributed by atoms with Crippen LogP contribution >= 0.6 is 0 Å². The summed E-state index contributed by atoms with van der Waals surface area (Å²) in [4.78, 5) is 14.4. The summed E-state index contributed by atoms with van der Waals surface area (Å²) in [6.45, 7) is 5.52. The van der Waals surface area contributed by atoms with Crippen molar-refractivity contribution in [1.82, 2.24) is 14.7 Å². The summed E-state index contributed by atoms with van der Waals surface area (Å²) >= 11 is 0. The fourth-order valence-electron chi connectivity index (χ4n) is 3.31. The van der Waals surface area contributed by atoms with Crippen molar-refractivity contribution in [2.45, 2.75) is 39.2 Å². The van der Waals surface area contributed by atoms with E-state index in [1.807, 2.05) is 53.9 Å². The van der Waals surface area contributed by atoms with Crippen LogP contribution in [-0.2, 0) is 18.3 Å². The Balaban J connectivity index is 1.51. The van der Waals surface area contributed by atoms with E-state index in [9.17, 15) is 4.79 Å². The smallest absolute Gasteiger partial charge is 0.223 e. The molecule has 0 N–H and O–H groups in total. The van der Waals surface area contributed by atoms with Crippen LogP contribution in [0.3, 0.4) is 0 Å². The lowest BCUT2D eigenvalue weighted by Gasteiger charge is -2.17. The molecule has 1 fully saturated rings. The first-order valence-electron chi connectivity index (χ1n) is 8.53. The zero-order chi connectivity index (χ0) is 17.1. The summed E-state index contributed by atoms with van der Waals surface area (Å²) in [6, 6.07) is 9.81. The van der Waals surface area contributed by atoms with Crippen molar-refractivity contribution >= 4 is 5.91 Å². The molecule has 1 saturated heterocycles. The van der Waals surface area contributed by atoms with E-state index in [1.54, 1.807) is 0 Å². The van der Waals surface area contributed by atoms with Crippen molar-refractivity contribution < 1.29 is 9.53 Å². The Morgan fingerprint density at radius 2 is 2.04 bits per heavy atom. The van der Waals surface area contributed by atoms with Gasteiger partial charge in [0.15, 0.2) is 0 Å². The summed E-state index contributed by atoms with van der Waals surface area (Å²) in [7, 11) is 1.94. The summed E-state index contributed by atoms with van der Waals surface area (Å²) in [5, 5.41) is 4.42. The number of benzene rings is 1. The molecule has 3 rings (SSSR count). The molecular formula is C19H25N3O2. The first-order valence-corrected chi connectivity index (χ1v) is 8.53. The lowest BCUT2D eigenvalue weighted by atomic mass is 10.1. The molecule has 2 heterocycles. The number of aryl methyl sites for hydroxylation is 2. The summed E-state index contributed by atoms with van der Waals surface area (Å²) < 4.78 is 7.84. The number of carbonyl (C=O) groups is 1. The number of likely N-dealkylation sites (tertiary alicyclic amines) is 1. The number of nitrogens with zero attached hydrogens (tertiary/aromatic N) is 3. The van der Waals surface area contributed by atoms with Gasteiger partial charge in [0.1, 0.15) is 11.9 Å². The van der Waals surface area contributed by atoms with Gasteiger partial charge in [0.25, 0.3) is 0 Å². The molecule has 5 heteroatoms. The van der Waals surface area contributed by atoms with Gasteiger partial charge in [-0.15, -0.1) is 0 Å². The molecule has 1 aliphatic rings. The molecule has 1 amide bonds. The molecule has 1 aromatic heterocycles. The van der Waals surface area contributed by atoms with Crippen LogP contribution in [0.2, 0.25) is 0 Å². The lowest BCUT2D eigenvalue weighted by Crippen LogP contribution is -2.31. The molecular weight excluding hydrogens is 302 g/mol. The Morgan fingerprint density at radius 3 is 2.71 bits per heavy atom. The van der Waals surface area contributed by atoms with Crippen molar-refractivity contribution in [1.29, 1.82) is 0 Å². The Labute approximate surface area is 143 Å². The predicted molar refractivity (Wildman–Crippen MR) is 93.1 cm³/mol. The van der Waals surface area contributed by atoms with E-state index in [-0.39, 0.29) is 12.0 Å². The number of rotatable bonds is 5. The van der Waals surface area contributed by atoms with Crippen molar-refractivity contribution in [2.75, 3.05) is 13.1 Å². The Morgan fingerprint density at radius 1 is 1.29 bits per heavy atom. The molecule has 0 radical (unpaired) electrons. The van der Waals surface area contributed by atoms with Gasteiger partial charge >= 0.3 is 0 Å². The van der Waals surface area contributed by atoms with Gasteiger partial charge in [-0.1, -0.05) is 18.2 Å². The first-order chi connectivity index (χ1) is 11.5. The van der Waals surface area contributed by atoms with E-state index in [1.165, 1.54) is 5.56 Å². The maximum Gasteiger partial charge on any atom is 0.223 e. The average molecular weight is 327 g/mol. The molecule has 1 aromatic carbocycles. The maximum absolute atomic E-state index is 12.5.